The number of hydrogen-bond acceptors (Lipinski definition) is 5. The fraction of sp³-hybridized carbons (Fsp3) is 0.368. The molecule has 0 radical (unpaired) electrons. The molecule has 7 heteroatoms. The summed E-state index contributed by atoms with van der Waals surface area (Å²) in [6, 6.07) is 9.70. The summed E-state index contributed by atoms with van der Waals surface area (Å²) in [5, 5.41) is 0. The van der Waals surface area contributed by atoms with Crippen LogP contribution in [0.25, 0.3) is 0 Å². The Morgan fingerprint density at radius 1 is 1.00 bits per heavy atom. The van der Waals surface area contributed by atoms with E-state index in [0.29, 0.717) is 23.9 Å². The predicted molar refractivity (Wildman–Crippen MR) is 101 cm³/mol. The molecule has 0 aliphatic heterocycles. The number of ether oxygens (including phenoxy) is 3. The van der Waals surface area contributed by atoms with Crippen molar-refractivity contribution in [1.29, 1.82) is 0 Å². The van der Waals surface area contributed by atoms with Crippen LogP contribution in [0, 0.1) is 6.92 Å². The van der Waals surface area contributed by atoms with Crippen LogP contribution in [0.2, 0.25) is 0 Å². The average Bonchev–Trinajstić information content (AvgIpc) is 2.62. The Hall–Kier alpha value is -2.25. The van der Waals surface area contributed by atoms with Gasteiger partial charge in [0.25, 0.3) is 0 Å². The maximum absolute atomic E-state index is 12.7. The molecule has 0 amide bonds. The largest absolute Gasteiger partial charge is 0.494 e. The Labute approximate surface area is 155 Å². The van der Waals surface area contributed by atoms with Crippen molar-refractivity contribution in [1.82, 2.24) is 4.72 Å². The number of aryl methyl sites for hydroxylation is 1. The molecule has 0 aromatic heterocycles. The predicted octanol–water partition coefficient (Wildman–Crippen LogP) is 3.45. The van der Waals surface area contributed by atoms with Crippen LogP contribution in [0.1, 0.15) is 31.0 Å². The van der Waals surface area contributed by atoms with Gasteiger partial charge in [0.15, 0.2) is 11.5 Å². The van der Waals surface area contributed by atoms with Crippen LogP contribution in [-0.4, -0.2) is 29.2 Å². The van der Waals surface area contributed by atoms with Gasteiger partial charge < -0.3 is 14.2 Å². The molecule has 0 saturated carbocycles. The zero-order valence-electron chi connectivity index (χ0n) is 15.7. The first-order valence-electron chi connectivity index (χ1n) is 8.30. The van der Waals surface area contributed by atoms with Crippen LogP contribution >= 0.6 is 0 Å². The molecule has 0 saturated heterocycles. The van der Waals surface area contributed by atoms with Gasteiger partial charge in [-0.3, -0.25) is 0 Å². The molecule has 26 heavy (non-hydrogen) atoms. The van der Waals surface area contributed by atoms with Gasteiger partial charge >= 0.3 is 0 Å². The van der Waals surface area contributed by atoms with E-state index >= 15 is 0 Å². The topological polar surface area (TPSA) is 73.9 Å². The zero-order valence-corrected chi connectivity index (χ0v) is 16.5. The molecule has 1 N–H and O–H groups in total. The Morgan fingerprint density at radius 2 is 1.65 bits per heavy atom. The lowest BCUT2D eigenvalue weighted by Crippen LogP contribution is -2.27. The molecule has 2 aromatic carbocycles. The quantitative estimate of drug-likeness (QED) is 0.760. The molecule has 6 nitrogen and oxygen atoms in total. The third-order valence-electron chi connectivity index (χ3n) is 4.00. The highest BCUT2D eigenvalue weighted by molar-refractivity contribution is 7.89. The molecule has 0 spiro atoms. The van der Waals surface area contributed by atoms with Crippen molar-refractivity contribution in [2.75, 3.05) is 20.8 Å². The first kappa shape index (κ1) is 20.1. The van der Waals surface area contributed by atoms with E-state index in [1.165, 1.54) is 0 Å². The van der Waals surface area contributed by atoms with Crippen molar-refractivity contribution < 1.29 is 22.6 Å². The lowest BCUT2D eigenvalue weighted by molar-refractivity contribution is 0.337. The van der Waals surface area contributed by atoms with Crippen molar-refractivity contribution >= 4 is 10.0 Å². The summed E-state index contributed by atoms with van der Waals surface area (Å²) in [6.07, 6.45) is 0. The molecule has 2 rings (SSSR count). The molecule has 1 atom stereocenters. The number of nitrogens with one attached hydrogen (secondary N) is 1. The van der Waals surface area contributed by atoms with E-state index in [1.54, 1.807) is 57.5 Å². The standard InChI is InChI=1S/C19H25NO5S/c1-6-25-17-10-8-16(11-13(17)2)26(21,22)20-14(3)15-7-9-18(23-4)19(12-15)24-5/h7-12,14,20H,6H2,1-5H3/t14-/m1/s1. The maximum atomic E-state index is 12.7. The van der Waals surface area contributed by atoms with E-state index in [1.807, 2.05) is 13.8 Å². The van der Waals surface area contributed by atoms with Gasteiger partial charge in [-0.25, -0.2) is 13.1 Å². The van der Waals surface area contributed by atoms with Gasteiger partial charge in [0.05, 0.1) is 25.7 Å². The minimum absolute atomic E-state index is 0.200. The molecule has 0 fully saturated rings. The summed E-state index contributed by atoms with van der Waals surface area (Å²) in [4.78, 5) is 0.200. The van der Waals surface area contributed by atoms with Crippen LogP contribution in [0.5, 0.6) is 17.2 Å². The van der Waals surface area contributed by atoms with Crippen molar-refractivity contribution in [3.05, 3.63) is 47.5 Å². The highest BCUT2D eigenvalue weighted by Crippen LogP contribution is 2.30. The smallest absolute Gasteiger partial charge is 0.241 e. The van der Waals surface area contributed by atoms with Gasteiger partial charge in [-0.2, -0.15) is 0 Å². The highest BCUT2D eigenvalue weighted by Gasteiger charge is 2.20. The van der Waals surface area contributed by atoms with E-state index < -0.39 is 16.1 Å². The Bertz CT molecular complexity index is 864. The van der Waals surface area contributed by atoms with Crippen LogP contribution < -0.4 is 18.9 Å². The lowest BCUT2D eigenvalue weighted by atomic mass is 10.1. The van der Waals surface area contributed by atoms with E-state index in [-0.39, 0.29) is 4.90 Å². The van der Waals surface area contributed by atoms with Crippen LogP contribution in [0.3, 0.4) is 0 Å². The second-order valence-electron chi connectivity index (χ2n) is 5.82. The maximum Gasteiger partial charge on any atom is 0.241 e. The summed E-state index contributed by atoms with van der Waals surface area (Å²) in [7, 11) is -0.580. The van der Waals surface area contributed by atoms with Gasteiger partial charge in [0.2, 0.25) is 10.0 Å². The summed E-state index contributed by atoms with van der Waals surface area (Å²) in [6.45, 7) is 6.01. The summed E-state index contributed by atoms with van der Waals surface area (Å²) in [5.41, 5.74) is 1.54. The van der Waals surface area contributed by atoms with Crippen LogP contribution in [-0.2, 0) is 10.0 Å². The molecule has 0 heterocycles. The molecule has 0 bridgehead atoms. The lowest BCUT2D eigenvalue weighted by Gasteiger charge is -2.17. The third kappa shape index (κ3) is 4.47. The highest BCUT2D eigenvalue weighted by atomic mass is 32.2. The SMILES string of the molecule is CCOc1ccc(S(=O)(=O)N[C@H](C)c2ccc(OC)c(OC)c2)cc1C. The molecule has 0 aliphatic carbocycles. The normalized spacial score (nSPS) is 12.5. The Kier molecular flexibility index (Phi) is 6.50. The van der Waals surface area contributed by atoms with Crippen molar-refractivity contribution in [2.45, 2.75) is 31.7 Å². The van der Waals surface area contributed by atoms with Crippen molar-refractivity contribution in [3.8, 4) is 17.2 Å². The zero-order chi connectivity index (χ0) is 19.3. The Balaban J connectivity index is 2.24. The van der Waals surface area contributed by atoms with Gasteiger partial charge in [0, 0.05) is 6.04 Å². The van der Waals surface area contributed by atoms with Gasteiger partial charge in [-0.15, -0.1) is 0 Å². The second-order valence-corrected chi connectivity index (χ2v) is 7.53. The number of rotatable bonds is 8. The minimum Gasteiger partial charge on any atom is -0.494 e. The fourth-order valence-corrected chi connectivity index (χ4v) is 3.91. The van der Waals surface area contributed by atoms with Crippen LogP contribution in [0.15, 0.2) is 41.3 Å². The fourth-order valence-electron chi connectivity index (χ4n) is 2.60. The average molecular weight is 379 g/mol. The Morgan fingerprint density at radius 3 is 2.23 bits per heavy atom. The van der Waals surface area contributed by atoms with Crippen molar-refractivity contribution in [2.24, 2.45) is 0 Å². The molecular formula is C19H25NO5S. The molecule has 142 valence electrons. The minimum atomic E-state index is -3.67. The third-order valence-corrected chi connectivity index (χ3v) is 5.53. The summed E-state index contributed by atoms with van der Waals surface area (Å²) >= 11 is 0. The van der Waals surface area contributed by atoms with E-state index in [0.717, 1.165) is 11.1 Å². The van der Waals surface area contributed by atoms with Crippen molar-refractivity contribution in [3.63, 3.8) is 0 Å². The van der Waals surface area contributed by atoms with E-state index in [2.05, 4.69) is 4.72 Å². The van der Waals surface area contributed by atoms with E-state index in [4.69, 9.17) is 14.2 Å². The second kappa shape index (κ2) is 8.42. The number of hydrogen-bond donors (Lipinski definition) is 1. The monoisotopic (exact) mass is 379 g/mol. The van der Waals surface area contributed by atoms with Gasteiger partial charge in [-0.05, 0) is 62.2 Å². The first-order chi connectivity index (χ1) is 12.3. The molecule has 0 unspecified atom stereocenters. The molecular weight excluding hydrogens is 354 g/mol. The summed E-state index contributed by atoms with van der Waals surface area (Å²) in [5.74, 6) is 1.82. The number of methoxy groups -OCH3 is 2. The van der Waals surface area contributed by atoms with Gasteiger partial charge in [0.1, 0.15) is 5.75 Å². The number of benzene rings is 2. The molecule has 0 aliphatic rings. The van der Waals surface area contributed by atoms with Crippen LogP contribution in [0.4, 0.5) is 0 Å². The van der Waals surface area contributed by atoms with Gasteiger partial charge in [-0.1, -0.05) is 6.07 Å². The number of sulfonamides is 1. The van der Waals surface area contributed by atoms with E-state index in [9.17, 15) is 8.42 Å². The first-order valence-corrected chi connectivity index (χ1v) is 9.78. The molecule has 2 aromatic rings. The summed E-state index contributed by atoms with van der Waals surface area (Å²) < 4.78 is 44.1.